The number of amides is 5. The summed E-state index contributed by atoms with van der Waals surface area (Å²) in [6, 6.07) is 24.8. The van der Waals surface area contributed by atoms with E-state index in [9.17, 15) is 19.2 Å². The lowest BCUT2D eigenvalue weighted by molar-refractivity contribution is -0.127. The summed E-state index contributed by atoms with van der Waals surface area (Å²) in [4.78, 5) is 57.9. The summed E-state index contributed by atoms with van der Waals surface area (Å²) in [6.45, 7) is 5.19. The first-order valence-electron chi connectivity index (χ1n) is 20.3. The van der Waals surface area contributed by atoms with Crippen molar-refractivity contribution >= 4 is 40.9 Å². The molecular formula is C44H51N9O5. The van der Waals surface area contributed by atoms with E-state index >= 15 is 0 Å². The number of nitrogens with one attached hydrogen (secondary N) is 2. The van der Waals surface area contributed by atoms with Gasteiger partial charge in [-0.3, -0.25) is 24.6 Å². The minimum atomic E-state index is -0.522. The highest BCUT2D eigenvalue weighted by Crippen LogP contribution is 2.40. The Labute approximate surface area is 338 Å². The summed E-state index contributed by atoms with van der Waals surface area (Å²) >= 11 is 0. The molecule has 4 N–H and O–H groups in total. The molecule has 8 rings (SSSR count). The van der Waals surface area contributed by atoms with Crippen molar-refractivity contribution in [2.24, 2.45) is 17.6 Å². The lowest BCUT2D eigenvalue weighted by atomic mass is 9.87. The molecule has 58 heavy (non-hydrogen) atoms. The quantitative estimate of drug-likeness (QED) is 0.159. The molecule has 1 atom stereocenters. The number of piperidine rings is 2. The molecule has 14 heteroatoms. The summed E-state index contributed by atoms with van der Waals surface area (Å²) in [6.07, 6.45) is 8.58. The third-order valence-electron chi connectivity index (χ3n) is 11.9. The number of aromatic nitrogens is 2. The number of urea groups is 1. The monoisotopic (exact) mass is 785 g/mol. The minimum absolute atomic E-state index is 0.0280. The molecule has 0 spiro atoms. The number of rotatable bonds is 11. The third-order valence-corrected chi connectivity index (χ3v) is 11.9. The number of hydrogen-bond donors (Lipinski definition) is 3. The van der Waals surface area contributed by atoms with E-state index in [1.807, 2.05) is 102 Å². The fourth-order valence-corrected chi connectivity index (χ4v) is 8.78. The second-order valence-corrected chi connectivity index (χ2v) is 15.7. The molecule has 0 unspecified atom stereocenters. The van der Waals surface area contributed by atoms with Crippen LogP contribution in [-0.4, -0.2) is 96.2 Å². The van der Waals surface area contributed by atoms with Crippen LogP contribution in [-0.2, 0) is 9.59 Å². The number of primary amides is 1. The van der Waals surface area contributed by atoms with Crippen LogP contribution < -0.4 is 30.9 Å². The van der Waals surface area contributed by atoms with E-state index in [0.29, 0.717) is 67.3 Å². The number of benzene rings is 3. The summed E-state index contributed by atoms with van der Waals surface area (Å²) in [7, 11) is 2.03. The topological polar surface area (TPSA) is 158 Å². The third kappa shape index (κ3) is 8.50. The molecule has 4 aromatic rings. The number of anilines is 3. The number of carbonyl (C=O) groups excluding carboxylic acids is 4. The van der Waals surface area contributed by atoms with Crippen LogP contribution in [0.15, 0.2) is 91.1 Å². The number of carbonyl (C=O) groups is 4. The Morgan fingerprint density at radius 3 is 2.24 bits per heavy atom. The molecule has 0 saturated carbocycles. The standard InChI is InChI=1S/C44H51N9O5/c1-49(29-30-16-24-50(25-17-30)33-9-11-34(12-10-33)52-28-20-38(54)47-44(52)57)23-21-39(55)51-26-18-31(19-27-51)37-15-22-46-43-40(42(45)56)41(48-53(37)43)32-7-13-36(14-8-32)58-35-5-3-2-4-6-35/h2-14,21,23,30-31,37,46H,15-20,22,24-29H2,1H3,(H2,45,56)(H,47,54,57)/b23-21+/t37-/m0/s1. The molecule has 4 aliphatic heterocycles. The first-order chi connectivity index (χ1) is 28.2. The summed E-state index contributed by atoms with van der Waals surface area (Å²) in [5.41, 5.74) is 9.60. The van der Waals surface area contributed by atoms with Crippen molar-refractivity contribution in [1.29, 1.82) is 0 Å². The van der Waals surface area contributed by atoms with Crippen LogP contribution in [0.2, 0.25) is 0 Å². The van der Waals surface area contributed by atoms with Gasteiger partial charge in [0, 0.05) is 88.5 Å². The summed E-state index contributed by atoms with van der Waals surface area (Å²) in [5.74, 6) is 2.19. The number of ether oxygens (including phenoxy) is 1. The van der Waals surface area contributed by atoms with Crippen LogP contribution in [0.25, 0.3) is 11.3 Å². The van der Waals surface area contributed by atoms with Crippen LogP contribution in [0.3, 0.4) is 0 Å². The van der Waals surface area contributed by atoms with E-state index in [-0.39, 0.29) is 23.9 Å². The Kier molecular flexibility index (Phi) is 11.3. The number of nitrogens with zero attached hydrogens (tertiary/aromatic N) is 6. The van der Waals surface area contributed by atoms with Crippen molar-refractivity contribution in [3.05, 3.63) is 96.7 Å². The molecule has 5 heterocycles. The molecule has 0 bridgehead atoms. The van der Waals surface area contributed by atoms with Gasteiger partial charge < -0.3 is 30.5 Å². The Balaban J connectivity index is 0.813. The van der Waals surface area contributed by atoms with E-state index in [1.54, 1.807) is 11.0 Å². The van der Waals surface area contributed by atoms with Crippen LogP contribution in [0.5, 0.6) is 11.5 Å². The predicted molar refractivity (Wildman–Crippen MR) is 223 cm³/mol. The van der Waals surface area contributed by atoms with E-state index in [2.05, 4.69) is 20.4 Å². The Hall–Kier alpha value is -6.31. The minimum Gasteiger partial charge on any atom is -0.457 e. The highest BCUT2D eigenvalue weighted by atomic mass is 16.5. The number of imide groups is 1. The molecule has 302 valence electrons. The van der Waals surface area contributed by atoms with Gasteiger partial charge in [-0.1, -0.05) is 18.2 Å². The lowest BCUT2D eigenvalue weighted by Crippen LogP contribution is -2.49. The van der Waals surface area contributed by atoms with Gasteiger partial charge in [0.25, 0.3) is 5.91 Å². The first-order valence-corrected chi connectivity index (χ1v) is 20.3. The second-order valence-electron chi connectivity index (χ2n) is 15.7. The predicted octanol–water partition coefficient (Wildman–Crippen LogP) is 5.85. The molecule has 0 radical (unpaired) electrons. The van der Waals surface area contributed by atoms with E-state index in [0.717, 1.165) is 74.4 Å². The Bertz CT molecular complexity index is 2140. The zero-order chi connectivity index (χ0) is 40.2. The molecule has 3 fully saturated rings. The van der Waals surface area contributed by atoms with E-state index in [4.69, 9.17) is 15.6 Å². The number of para-hydroxylation sites is 1. The van der Waals surface area contributed by atoms with Crippen molar-refractivity contribution in [3.8, 4) is 22.8 Å². The number of likely N-dealkylation sites (tertiary alicyclic amines) is 1. The van der Waals surface area contributed by atoms with Crippen molar-refractivity contribution in [2.45, 2.75) is 44.6 Å². The van der Waals surface area contributed by atoms with Crippen LogP contribution >= 0.6 is 0 Å². The maximum absolute atomic E-state index is 13.3. The van der Waals surface area contributed by atoms with Crippen molar-refractivity contribution in [2.75, 3.05) is 68.0 Å². The molecule has 3 saturated heterocycles. The zero-order valence-corrected chi connectivity index (χ0v) is 32.9. The van der Waals surface area contributed by atoms with Gasteiger partial charge in [-0.25, -0.2) is 9.48 Å². The number of nitrogens with two attached hydrogens (primary N) is 1. The van der Waals surface area contributed by atoms with Gasteiger partial charge in [0.15, 0.2) is 0 Å². The van der Waals surface area contributed by atoms with Gasteiger partial charge in [-0.15, -0.1) is 0 Å². The molecule has 0 aliphatic carbocycles. The Morgan fingerprint density at radius 1 is 0.862 bits per heavy atom. The average molecular weight is 786 g/mol. The number of hydrogen-bond acceptors (Lipinski definition) is 9. The fourth-order valence-electron chi connectivity index (χ4n) is 8.78. The largest absolute Gasteiger partial charge is 0.457 e. The zero-order valence-electron chi connectivity index (χ0n) is 32.9. The summed E-state index contributed by atoms with van der Waals surface area (Å²) in [5, 5.41) is 10.8. The van der Waals surface area contributed by atoms with Gasteiger partial charge in [0.2, 0.25) is 11.8 Å². The van der Waals surface area contributed by atoms with E-state index < -0.39 is 5.91 Å². The van der Waals surface area contributed by atoms with Crippen LogP contribution in [0, 0.1) is 11.8 Å². The first kappa shape index (κ1) is 38.6. The van der Waals surface area contributed by atoms with Crippen molar-refractivity contribution in [3.63, 3.8) is 0 Å². The second kappa shape index (κ2) is 17.0. The molecular weight excluding hydrogens is 735 g/mol. The van der Waals surface area contributed by atoms with E-state index in [1.165, 1.54) is 0 Å². The molecule has 14 nitrogen and oxygen atoms in total. The van der Waals surface area contributed by atoms with Crippen LogP contribution in [0.4, 0.5) is 22.0 Å². The average Bonchev–Trinajstić information content (AvgIpc) is 3.65. The lowest BCUT2D eigenvalue weighted by Gasteiger charge is -2.38. The van der Waals surface area contributed by atoms with Gasteiger partial charge in [-0.2, -0.15) is 5.10 Å². The van der Waals surface area contributed by atoms with Gasteiger partial charge >= 0.3 is 6.03 Å². The van der Waals surface area contributed by atoms with Gasteiger partial charge in [0.05, 0.1) is 6.04 Å². The molecule has 5 amide bonds. The van der Waals surface area contributed by atoms with Crippen molar-refractivity contribution < 1.29 is 23.9 Å². The maximum atomic E-state index is 13.3. The van der Waals surface area contributed by atoms with Gasteiger partial charge in [-0.05, 0) is 105 Å². The van der Waals surface area contributed by atoms with Crippen LogP contribution in [0.1, 0.15) is 54.9 Å². The molecule has 3 aromatic carbocycles. The molecule has 1 aromatic heterocycles. The molecule has 4 aliphatic rings. The highest BCUT2D eigenvalue weighted by Gasteiger charge is 2.36. The Morgan fingerprint density at radius 2 is 1.55 bits per heavy atom. The van der Waals surface area contributed by atoms with Gasteiger partial charge in [0.1, 0.15) is 28.6 Å². The maximum Gasteiger partial charge on any atom is 0.328 e. The normalized spacial score (nSPS) is 19.1. The van der Waals surface area contributed by atoms with Crippen molar-refractivity contribution in [1.82, 2.24) is 24.9 Å². The number of fused-ring (bicyclic) bond motifs is 1. The summed E-state index contributed by atoms with van der Waals surface area (Å²) < 4.78 is 7.93. The highest BCUT2D eigenvalue weighted by molar-refractivity contribution is 6.06. The fraction of sp³-hybridized carbons (Fsp3) is 0.386. The smallest absolute Gasteiger partial charge is 0.328 e. The SMILES string of the molecule is CN(/C=C/C(=O)N1CCC([C@@H]2CCNc3c(C(N)=O)c(-c4ccc(Oc5ccccc5)cc4)nn32)CC1)CC1CCN(c2ccc(N3CCC(=O)NC3=O)cc2)CC1.